The zero-order valence-electron chi connectivity index (χ0n) is 11.4. The van der Waals surface area contributed by atoms with Gasteiger partial charge in [-0.15, -0.1) is 0 Å². The third-order valence-electron chi connectivity index (χ3n) is 3.45. The third-order valence-corrected chi connectivity index (χ3v) is 3.45. The highest BCUT2D eigenvalue weighted by Gasteiger charge is 2.25. The maximum atomic E-state index is 12.0. The van der Waals surface area contributed by atoms with Crippen LogP contribution in [0.4, 0.5) is 4.79 Å². The molecule has 0 aromatic carbocycles. The summed E-state index contributed by atoms with van der Waals surface area (Å²) in [5.41, 5.74) is 0. The molecule has 0 aromatic heterocycles. The Morgan fingerprint density at radius 3 is 2.22 bits per heavy atom. The first kappa shape index (κ1) is 14.8. The summed E-state index contributed by atoms with van der Waals surface area (Å²) in [4.78, 5) is 28.0. The van der Waals surface area contributed by atoms with E-state index in [0.717, 1.165) is 25.9 Å². The minimum atomic E-state index is -0.874. The van der Waals surface area contributed by atoms with E-state index in [1.807, 2.05) is 4.90 Å². The van der Waals surface area contributed by atoms with E-state index < -0.39 is 5.97 Å². The number of piperidine rings is 1. The molecule has 0 bridgehead atoms. The largest absolute Gasteiger partial charge is 0.481 e. The summed E-state index contributed by atoms with van der Waals surface area (Å²) in [5.74, 6) is -0.874. The van der Waals surface area contributed by atoms with Crippen LogP contribution in [0, 0.1) is 0 Å². The van der Waals surface area contributed by atoms with Crippen LogP contribution in [0.1, 0.15) is 19.3 Å². The van der Waals surface area contributed by atoms with Crippen LogP contribution < -0.4 is 0 Å². The van der Waals surface area contributed by atoms with Crippen molar-refractivity contribution in [2.24, 2.45) is 0 Å². The van der Waals surface area contributed by atoms with Gasteiger partial charge in [0.2, 0.25) is 0 Å². The van der Waals surface area contributed by atoms with E-state index >= 15 is 0 Å². The van der Waals surface area contributed by atoms with E-state index in [0.29, 0.717) is 6.04 Å². The van der Waals surface area contributed by atoms with Crippen LogP contribution in [0.15, 0.2) is 0 Å². The van der Waals surface area contributed by atoms with Gasteiger partial charge in [0.25, 0.3) is 0 Å². The third kappa shape index (κ3) is 4.18. The number of likely N-dealkylation sites (tertiary alicyclic amines) is 1. The number of carbonyl (C=O) groups is 2. The number of carbonyl (C=O) groups excluding carboxylic acids is 1. The lowest BCUT2D eigenvalue weighted by molar-refractivity contribution is -0.137. The van der Waals surface area contributed by atoms with Gasteiger partial charge in [0.1, 0.15) is 0 Å². The molecular formula is C12H23N3O3. The lowest BCUT2D eigenvalue weighted by Crippen LogP contribution is -2.48. The maximum Gasteiger partial charge on any atom is 0.319 e. The average Bonchev–Trinajstić information content (AvgIpc) is 2.35. The molecule has 0 saturated carbocycles. The number of nitrogens with zero attached hydrogens (tertiary/aromatic N) is 3. The Bertz CT molecular complexity index is 299. The minimum absolute atomic E-state index is 0.00357. The molecule has 18 heavy (non-hydrogen) atoms. The van der Waals surface area contributed by atoms with Crippen molar-refractivity contribution >= 4 is 12.0 Å². The van der Waals surface area contributed by atoms with Gasteiger partial charge in [0, 0.05) is 32.7 Å². The molecule has 1 N–H and O–H groups in total. The molecule has 0 atom stereocenters. The standard InChI is InChI=1S/C12H23N3O3/c1-13(2)10-4-8-15(9-5-10)12(18)14(3)7-6-11(16)17/h10H,4-9H2,1-3H3,(H,16,17). The van der Waals surface area contributed by atoms with Crippen molar-refractivity contribution in [1.82, 2.24) is 14.7 Å². The molecular weight excluding hydrogens is 234 g/mol. The quantitative estimate of drug-likeness (QED) is 0.798. The fourth-order valence-electron chi connectivity index (χ4n) is 2.17. The van der Waals surface area contributed by atoms with Crippen LogP contribution in [0.5, 0.6) is 0 Å². The van der Waals surface area contributed by atoms with Crippen LogP contribution in [-0.2, 0) is 4.79 Å². The molecule has 1 rings (SSSR count). The van der Waals surface area contributed by atoms with Gasteiger partial charge < -0.3 is 19.8 Å². The smallest absolute Gasteiger partial charge is 0.319 e. The SMILES string of the molecule is CN(CCC(=O)O)C(=O)N1CCC(N(C)C)CC1. The predicted octanol–water partition coefficient (Wildman–Crippen LogP) is 0.539. The topological polar surface area (TPSA) is 64.1 Å². The lowest BCUT2D eigenvalue weighted by Gasteiger charge is -2.36. The Balaban J connectivity index is 2.37. The van der Waals surface area contributed by atoms with Gasteiger partial charge in [-0.05, 0) is 26.9 Å². The second-order valence-electron chi connectivity index (χ2n) is 5.03. The second kappa shape index (κ2) is 6.58. The minimum Gasteiger partial charge on any atom is -0.481 e. The molecule has 6 heteroatoms. The van der Waals surface area contributed by atoms with Crippen molar-refractivity contribution in [2.75, 3.05) is 40.8 Å². The molecule has 0 radical (unpaired) electrons. The van der Waals surface area contributed by atoms with E-state index in [1.165, 1.54) is 4.90 Å². The fraction of sp³-hybridized carbons (Fsp3) is 0.833. The van der Waals surface area contributed by atoms with Crippen LogP contribution in [-0.4, -0.2) is 78.6 Å². The summed E-state index contributed by atoms with van der Waals surface area (Å²) in [6.07, 6.45) is 1.95. The van der Waals surface area contributed by atoms with E-state index in [2.05, 4.69) is 19.0 Å². The normalized spacial score (nSPS) is 17.0. The number of carboxylic acids is 1. The summed E-state index contributed by atoms with van der Waals surface area (Å²) in [7, 11) is 5.77. The first-order valence-electron chi connectivity index (χ1n) is 6.30. The number of hydrogen-bond acceptors (Lipinski definition) is 3. The number of carboxylic acid groups (broad SMARTS) is 1. The molecule has 2 amide bonds. The van der Waals surface area contributed by atoms with E-state index in [4.69, 9.17) is 5.11 Å². The number of aliphatic carboxylic acids is 1. The van der Waals surface area contributed by atoms with Crippen molar-refractivity contribution in [3.05, 3.63) is 0 Å². The molecule has 1 saturated heterocycles. The number of amides is 2. The highest BCUT2D eigenvalue weighted by molar-refractivity contribution is 5.75. The Morgan fingerprint density at radius 1 is 1.22 bits per heavy atom. The molecule has 6 nitrogen and oxygen atoms in total. The van der Waals surface area contributed by atoms with Crippen molar-refractivity contribution in [3.8, 4) is 0 Å². The maximum absolute atomic E-state index is 12.0. The van der Waals surface area contributed by atoms with Crippen molar-refractivity contribution in [1.29, 1.82) is 0 Å². The van der Waals surface area contributed by atoms with Crippen molar-refractivity contribution in [3.63, 3.8) is 0 Å². The summed E-state index contributed by atoms with van der Waals surface area (Å²) in [5, 5.41) is 8.59. The van der Waals surface area contributed by atoms with Gasteiger partial charge in [0.05, 0.1) is 6.42 Å². The Kier molecular flexibility index (Phi) is 5.40. The van der Waals surface area contributed by atoms with Gasteiger partial charge in [0.15, 0.2) is 0 Å². The van der Waals surface area contributed by atoms with Gasteiger partial charge in [-0.1, -0.05) is 0 Å². The summed E-state index contributed by atoms with van der Waals surface area (Å²) in [6.45, 7) is 1.76. The molecule has 1 heterocycles. The molecule has 0 aliphatic carbocycles. The molecule has 0 spiro atoms. The molecule has 1 fully saturated rings. The van der Waals surface area contributed by atoms with E-state index in [-0.39, 0.29) is 19.0 Å². The zero-order valence-corrected chi connectivity index (χ0v) is 11.4. The predicted molar refractivity (Wildman–Crippen MR) is 68.6 cm³/mol. The monoisotopic (exact) mass is 257 g/mol. The summed E-state index contributed by atoms with van der Waals surface area (Å²) < 4.78 is 0. The first-order valence-corrected chi connectivity index (χ1v) is 6.30. The molecule has 1 aliphatic heterocycles. The number of hydrogen-bond donors (Lipinski definition) is 1. The second-order valence-corrected chi connectivity index (χ2v) is 5.03. The van der Waals surface area contributed by atoms with E-state index in [1.54, 1.807) is 7.05 Å². The highest BCUT2D eigenvalue weighted by atomic mass is 16.4. The van der Waals surface area contributed by atoms with Crippen molar-refractivity contribution in [2.45, 2.75) is 25.3 Å². The van der Waals surface area contributed by atoms with Crippen LogP contribution in [0.3, 0.4) is 0 Å². The molecule has 1 aliphatic rings. The average molecular weight is 257 g/mol. The highest BCUT2D eigenvalue weighted by Crippen LogP contribution is 2.15. The zero-order chi connectivity index (χ0) is 13.7. The fourth-order valence-corrected chi connectivity index (χ4v) is 2.17. The van der Waals surface area contributed by atoms with Gasteiger partial charge in [-0.2, -0.15) is 0 Å². The first-order chi connectivity index (χ1) is 8.41. The Hall–Kier alpha value is -1.30. The Labute approximate surface area is 108 Å². The Morgan fingerprint density at radius 2 is 1.78 bits per heavy atom. The van der Waals surface area contributed by atoms with Gasteiger partial charge in [-0.3, -0.25) is 4.79 Å². The summed E-state index contributed by atoms with van der Waals surface area (Å²) in [6, 6.07) is 0.479. The summed E-state index contributed by atoms with van der Waals surface area (Å²) >= 11 is 0. The molecule has 0 unspecified atom stereocenters. The van der Waals surface area contributed by atoms with Gasteiger partial charge in [-0.25, -0.2) is 4.79 Å². The van der Waals surface area contributed by atoms with Gasteiger partial charge >= 0.3 is 12.0 Å². The van der Waals surface area contributed by atoms with Crippen LogP contribution in [0.25, 0.3) is 0 Å². The van der Waals surface area contributed by atoms with E-state index in [9.17, 15) is 9.59 Å². The molecule has 0 aromatic rings. The lowest BCUT2D eigenvalue weighted by atomic mass is 10.0. The number of rotatable bonds is 4. The molecule has 104 valence electrons. The van der Waals surface area contributed by atoms with Crippen LogP contribution in [0.2, 0.25) is 0 Å². The number of urea groups is 1. The van der Waals surface area contributed by atoms with Crippen molar-refractivity contribution < 1.29 is 14.7 Å². The van der Waals surface area contributed by atoms with Crippen LogP contribution >= 0.6 is 0 Å².